The van der Waals surface area contributed by atoms with E-state index in [1.807, 2.05) is 20.2 Å². The van der Waals surface area contributed by atoms with Crippen LogP contribution in [0.1, 0.15) is 12.0 Å². The maximum absolute atomic E-state index is 12.9. The molecule has 122 valence electrons. The fourth-order valence-corrected chi connectivity index (χ4v) is 2.18. The van der Waals surface area contributed by atoms with Gasteiger partial charge in [0.25, 0.3) is 0 Å². The summed E-state index contributed by atoms with van der Waals surface area (Å²) in [5, 5.41) is 11.3. The van der Waals surface area contributed by atoms with Gasteiger partial charge in [0.2, 0.25) is 5.75 Å². The monoisotopic (exact) mass is 318 g/mol. The number of nitro benzene ring substituents is 1. The van der Waals surface area contributed by atoms with Crippen LogP contribution in [0.15, 0.2) is 42.5 Å². The molecule has 2 rings (SSSR count). The highest BCUT2D eigenvalue weighted by Crippen LogP contribution is 2.32. The minimum Gasteiger partial charge on any atom is -0.450 e. The normalized spacial score (nSPS) is 10.8. The van der Waals surface area contributed by atoms with Gasteiger partial charge in [-0.3, -0.25) is 10.1 Å². The number of benzene rings is 2. The molecule has 0 aliphatic rings. The van der Waals surface area contributed by atoms with E-state index in [1.54, 1.807) is 6.07 Å². The Bertz CT molecular complexity index is 672. The fraction of sp³-hybridized carbons (Fsp3) is 0.294. The van der Waals surface area contributed by atoms with Crippen LogP contribution in [-0.4, -0.2) is 30.5 Å². The molecule has 5 nitrogen and oxygen atoms in total. The van der Waals surface area contributed by atoms with E-state index in [0.717, 1.165) is 24.9 Å². The molecule has 2 aromatic carbocycles. The average Bonchev–Trinajstić information content (AvgIpc) is 2.50. The predicted octanol–water partition coefficient (Wildman–Crippen LogP) is 4.02. The first-order chi connectivity index (χ1) is 11.0. The molecule has 0 saturated carbocycles. The number of halogens is 1. The van der Waals surface area contributed by atoms with E-state index in [4.69, 9.17) is 4.74 Å². The summed E-state index contributed by atoms with van der Waals surface area (Å²) >= 11 is 0. The highest BCUT2D eigenvalue weighted by Gasteiger charge is 2.16. The number of hydrogen-bond donors (Lipinski definition) is 0. The van der Waals surface area contributed by atoms with Gasteiger partial charge in [-0.1, -0.05) is 6.07 Å². The van der Waals surface area contributed by atoms with Gasteiger partial charge in [-0.05, 0) is 69.4 Å². The Morgan fingerprint density at radius 2 is 1.87 bits per heavy atom. The zero-order valence-electron chi connectivity index (χ0n) is 13.2. The molecule has 0 atom stereocenters. The topological polar surface area (TPSA) is 55.6 Å². The molecule has 0 fully saturated rings. The molecule has 0 spiro atoms. The third-order valence-electron chi connectivity index (χ3n) is 3.33. The van der Waals surface area contributed by atoms with Crippen molar-refractivity contribution in [3.63, 3.8) is 0 Å². The molecule has 0 amide bonds. The molecule has 0 heterocycles. The number of nitrogens with zero attached hydrogens (tertiary/aromatic N) is 2. The molecule has 0 saturated heterocycles. The third kappa shape index (κ3) is 5.03. The molecule has 6 heteroatoms. The van der Waals surface area contributed by atoms with E-state index in [0.29, 0.717) is 5.75 Å². The summed E-state index contributed by atoms with van der Waals surface area (Å²) in [6.07, 6.45) is 1.68. The summed E-state index contributed by atoms with van der Waals surface area (Å²) in [6.45, 7) is 0.918. The van der Waals surface area contributed by atoms with Gasteiger partial charge in [-0.25, -0.2) is 4.39 Å². The Hall–Kier alpha value is -2.47. The van der Waals surface area contributed by atoms with Crippen LogP contribution < -0.4 is 4.74 Å². The fourth-order valence-electron chi connectivity index (χ4n) is 2.18. The lowest BCUT2D eigenvalue weighted by molar-refractivity contribution is -0.385. The van der Waals surface area contributed by atoms with Crippen LogP contribution in [0.4, 0.5) is 10.1 Å². The second-order valence-electron chi connectivity index (χ2n) is 5.52. The molecule has 0 aliphatic heterocycles. The summed E-state index contributed by atoms with van der Waals surface area (Å²) in [6, 6.07) is 10.3. The molecule has 0 aromatic heterocycles. The van der Waals surface area contributed by atoms with Crippen LogP contribution in [0.2, 0.25) is 0 Å². The molecule has 2 aromatic rings. The molecule has 0 N–H and O–H groups in total. The standard InChI is InChI=1S/C17H19FN2O3/c1-19(2)11-3-4-13-5-10-17(16(12-13)20(21)22)23-15-8-6-14(18)7-9-15/h5-10,12H,3-4,11H2,1-2H3. The van der Waals surface area contributed by atoms with Gasteiger partial charge >= 0.3 is 5.69 Å². The van der Waals surface area contributed by atoms with Crippen molar-refractivity contribution in [2.75, 3.05) is 20.6 Å². The van der Waals surface area contributed by atoms with E-state index in [9.17, 15) is 14.5 Å². The van der Waals surface area contributed by atoms with E-state index < -0.39 is 4.92 Å². The Kier molecular flexibility index (Phi) is 5.65. The van der Waals surface area contributed by atoms with Crippen LogP contribution in [-0.2, 0) is 6.42 Å². The number of hydrogen-bond acceptors (Lipinski definition) is 4. The van der Waals surface area contributed by atoms with E-state index in [1.165, 1.54) is 30.3 Å². The summed E-state index contributed by atoms with van der Waals surface area (Å²) in [7, 11) is 3.98. The Morgan fingerprint density at radius 3 is 2.48 bits per heavy atom. The molecule has 0 bridgehead atoms. The minimum atomic E-state index is -0.464. The predicted molar refractivity (Wildman–Crippen MR) is 86.4 cm³/mol. The number of rotatable bonds is 7. The van der Waals surface area contributed by atoms with Crippen molar-refractivity contribution >= 4 is 5.69 Å². The van der Waals surface area contributed by atoms with Crippen molar-refractivity contribution in [1.29, 1.82) is 0 Å². The zero-order chi connectivity index (χ0) is 16.8. The quantitative estimate of drug-likeness (QED) is 0.571. The van der Waals surface area contributed by atoms with Gasteiger partial charge in [0.05, 0.1) is 4.92 Å². The van der Waals surface area contributed by atoms with Crippen LogP contribution in [0.25, 0.3) is 0 Å². The van der Waals surface area contributed by atoms with Crippen molar-refractivity contribution in [2.24, 2.45) is 0 Å². The van der Waals surface area contributed by atoms with Crippen LogP contribution in [0.5, 0.6) is 11.5 Å². The number of nitro groups is 1. The maximum Gasteiger partial charge on any atom is 0.311 e. The highest BCUT2D eigenvalue weighted by atomic mass is 19.1. The summed E-state index contributed by atoms with van der Waals surface area (Å²) in [5.74, 6) is 0.121. The third-order valence-corrected chi connectivity index (χ3v) is 3.33. The lowest BCUT2D eigenvalue weighted by atomic mass is 10.1. The zero-order valence-corrected chi connectivity index (χ0v) is 13.2. The molecular formula is C17H19FN2O3. The molecular weight excluding hydrogens is 299 g/mol. The van der Waals surface area contributed by atoms with Gasteiger partial charge < -0.3 is 9.64 Å². The molecule has 0 radical (unpaired) electrons. The lowest BCUT2D eigenvalue weighted by Gasteiger charge is -2.10. The second kappa shape index (κ2) is 7.69. The van der Waals surface area contributed by atoms with Crippen molar-refractivity contribution in [2.45, 2.75) is 12.8 Å². The first-order valence-corrected chi connectivity index (χ1v) is 7.31. The van der Waals surface area contributed by atoms with Crippen molar-refractivity contribution < 1.29 is 14.1 Å². The smallest absolute Gasteiger partial charge is 0.311 e. The summed E-state index contributed by atoms with van der Waals surface area (Å²) < 4.78 is 18.4. The highest BCUT2D eigenvalue weighted by molar-refractivity contribution is 5.50. The molecule has 0 unspecified atom stereocenters. The minimum absolute atomic E-state index is 0.0864. The Morgan fingerprint density at radius 1 is 1.17 bits per heavy atom. The second-order valence-corrected chi connectivity index (χ2v) is 5.52. The van der Waals surface area contributed by atoms with E-state index >= 15 is 0 Å². The summed E-state index contributed by atoms with van der Waals surface area (Å²) in [4.78, 5) is 12.9. The first kappa shape index (κ1) is 16.9. The lowest BCUT2D eigenvalue weighted by Crippen LogP contribution is -2.13. The largest absolute Gasteiger partial charge is 0.450 e. The molecule has 0 aliphatic carbocycles. The van der Waals surface area contributed by atoms with Crippen molar-refractivity contribution in [3.05, 3.63) is 64.0 Å². The van der Waals surface area contributed by atoms with Crippen LogP contribution >= 0.6 is 0 Å². The van der Waals surface area contributed by atoms with Crippen LogP contribution in [0.3, 0.4) is 0 Å². The van der Waals surface area contributed by atoms with Gasteiger partial charge in [0.1, 0.15) is 11.6 Å². The maximum atomic E-state index is 12.9. The van der Waals surface area contributed by atoms with Gasteiger partial charge in [-0.15, -0.1) is 0 Å². The SMILES string of the molecule is CN(C)CCCc1ccc(Oc2ccc(F)cc2)c([N+](=O)[O-])c1. The van der Waals surface area contributed by atoms with Gasteiger partial charge in [0, 0.05) is 6.07 Å². The Balaban J connectivity index is 2.16. The number of aryl methyl sites for hydroxylation is 1. The Labute approximate surface area is 134 Å². The van der Waals surface area contributed by atoms with Gasteiger partial charge in [0.15, 0.2) is 0 Å². The average molecular weight is 318 g/mol. The van der Waals surface area contributed by atoms with E-state index in [2.05, 4.69) is 4.90 Å². The first-order valence-electron chi connectivity index (χ1n) is 7.31. The van der Waals surface area contributed by atoms with E-state index in [-0.39, 0.29) is 17.3 Å². The summed E-state index contributed by atoms with van der Waals surface area (Å²) in [5.41, 5.74) is 0.807. The van der Waals surface area contributed by atoms with Crippen molar-refractivity contribution in [1.82, 2.24) is 4.90 Å². The van der Waals surface area contributed by atoms with Gasteiger partial charge in [-0.2, -0.15) is 0 Å². The van der Waals surface area contributed by atoms with Crippen LogP contribution in [0, 0.1) is 15.9 Å². The number of ether oxygens (including phenoxy) is 1. The van der Waals surface area contributed by atoms with Crippen molar-refractivity contribution in [3.8, 4) is 11.5 Å². The molecule has 23 heavy (non-hydrogen) atoms.